The largest absolute Gasteiger partial charge is 0.349 e. The van der Waals surface area contributed by atoms with Gasteiger partial charge in [-0.05, 0) is 38.5 Å². The average Bonchev–Trinajstić information content (AvgIpc) is 3.17. The molecule has 0 aliphatic carbocycles. The molecule has 0 aliphatic heterocycles. The first-order chi connectivity index (χ1) is 11.5. The summed E-state index contributed by atoms with van der Waals surface area (Å²) in [4.78, 5) is 17.9. The van der Waals surface area contributed by atoms with Gasteiger partial charge < -0.3 is 5.32 Å². The second-order valence-corrected chi connectivity index (χ2v) is 7.12. The van der Waals surface area contributed by atoms with Gasteiger partial charge in [-0.15, -0.1) is 11.3 Å². The van der Waals surface area contributed by atoms with E-state index in [1.165, 1.54) is 0 Å². The molecule has 1 unspecified atom stereocenters. The van der Waals surface area contributed by atoms with Gasteiger partial charge in [-0.25, -0.2) is 9.67 Å². The molecule has 5 nitrogen and oxygen atoms in total. The fourth-order valence-corrected chi connectivity index (χ4v) is 3.57. The zero-order valence-corrected chi connectivity index (χ0v) is 14.8. The Labute approximate surface area is 145 Å². The Hall–Kier alpha value is -2.47. The minimum absolute atomic E-state index is 0.0221. The summed E-state index contributed by atoms with van der Waals surface area (Å²) in [6.45, 7) is 5.95. The number of carbonyl (C=O) groups excluding carboxylic acids is 1. The van der Waals surface area contributed by atoms with E-state index in [4.69, 9.17) is 0 Å². The van der Waals surface area contributed by atoms with Crippen molar-refractivity contribution in [2.45, 2.75) is 33.2 Å². The maximum Gasteiger partial charge on any atom is 0.226 e. The van der Waals surface area contributed by atoms with Crippen LogP contribution >= 0.6 is 11.3 Å². The molecule has 2 aromatic heterocycles. The van der Waals surface area contributed by atoms with E-state index in [1.807, 2.05) is 62.0 Å². The average molecular weight is 340 g/mol. The molecule has 3 rings (SSSR count). The first-order valence-electron chi connectivity index (χ1n) is 7.86. The first-order valence-corrected chi connectivity index (χ1v) is 8.67. The number of rotatable bonds is 5. The van der Waals surface area contributed by atoms with Crippen LogP contribution in [0.4, 0.5) is 0 Å². The first kappa shape index (κ1) is 16.4. The molecule has 0 saturated carbocycles. The summed E-state index contributed by atoms with van der Waals surface area (Å²) < 4.78 is 1.81. The van der Waals surface area contributed by atoms with Gasteiger partial charge in [0.2, 0.25) is 5.91 Å². The zero-order valence-electron chi connectivity index (χ0n) is 14.0. The van der Waals surface area contributed by atoms with Crippen molar-refractivity contribution in [2.75, 3.05) is 0 Å². The molecule has 24 heavy (non-hydrogen) atoms. The lowest BCUT2D eigenvalue weighted by molar-refractivity contribution is -0.121. The van der Waals surface area contributed by atoms with E-state index in [-0.39, 0.29) is 11.9 Å². The summed E-state index contributed by atoms with van der Waals surface area (Å²) in [6.07, 6.45) is 3.95. The third kappa shape index (κ3) is 3.54. The van der Waals surface area contributed by atoms with Gasteiger partial charge in [0.05, 0.1) is 28.9 Å². The van der Waals surface area contributed by atoms with E-state index in [9.17, 15) is 4.79 Å². The second kappa shape index (κ2) is 6.97. The van der Waals surface area contributed by atoms with E-state index in [0.29, 0.717) is 6.42 Å². The molecule has 0 bridgehead atoms. The van der Waals surface area contributed by atoms with E-state index in [0.717, 1.165) is 26.8 Å². The zero-order chi connectivity index (χ0) is 17.1. The molecular formula is C18H20N4OS. The summed E-state index contributed by atoms with van der Waals surface area (Å²) in [7, 11) is 0. The number of amides is 1. The molecule has 0 saturated heterocycles. The predicted molar refractivity (Wildman–Crippen MR) is 95.4 cm³/mol. The van der Waals surface area contributed by atoms with Crippen molar-refractivity contribution in [3.8, 4) is 5.69 Å². The Morgan fingerprint density at radius 2 is 2.08 bits per heavy atom. The van der Waals surface area contributed by atoms with E-state index >= 15 is 0 Å². The van der Waals surface area contributed by atoms with Crippen LogP contribution in [-0.2, 0) is 11.2 Å². The van der Waals surface area contributed by atoms with Crippen molar-refractivity contribution in [3.05, 3.63) is 63.9 Å². The van der Waals surface area contributed by atoms with Crippen LogP contribution in [0.2, 0.25) is 0 Å². The monoisotopic (exact) mass is 340 g/mol. The third-order valence-corrected chi connectivity index (χ3v) is 4.79. The molecule has 6 heteroatoms. The summed E-state index contributed by atoms with van der Waals surface area (Å²) in [5.74, 6) is -0.0221. The van der Waals surface area contributed by atoms with Gasteiger partial charge in [0.15, 0.2) is 0 Å². The number of para-hydroxylation sites is 1. The molecule has 1 N–H and O–H groups in total. The van der Waals surface area contributed by atoms with Crippen LogP contribution in [0.15, 0.2) is 42.7 Å². The SMILES string of the molecule is Cc1nc(CC(=O)NC(C)c2ccccc2-n2cccn2)c(C)s1. The number of aromatic nitrogens is 3. The van der Waals surface area contributed by atoms with Gasteiger partial charge >= 0.3 is 0 Å². The van der Waals surface area contributed by atoms with Crippen LogP contribution in [0.25, 0.3) is 5.69 Å². The molecule has 1 atom stereocenters. The van der Waals surface area contributed by atoms with Crippen LogP contribution in [-0.4, -0.2) is 20.7 Å². The number of benzene rings is 1. The van der Waals surface area contributed by atoms with E-state index < -0.39 is 0 Å². The molecule has 0 aliphatic rings. The molecule has 3 aromatic rings. The van der Waals surface area contributed by atoms with E-state index in [1.54, 1.807) is 17.5 Å². The van der Waals surface area contributed by atoms with Crippen LogP contribution in [0, 0.1) is 13.8 Å². The highest BCUT2D eigenvalue weighted by Gasteiger charge is 2.16. The molecular weight excluding hydrogens is 320 g/mol. The highest BCUT2D eigenvalue weighted by Crippen LogP contribution is 2.22. The number of hydrogen-bond acceptors (Lipinski definition) is 4. The molecule has 0 spiro atoms. The Kier molecular flexibility index (Phi) is 4.76. The molecule has 2 heterocycles. The van der Waals surface area contributed by atoms with Gasteiger partial charge in [-0.2, -0.15) is 5.10 Å². The Balaban J connectivity index is 1.74. The number of aryl methyl sites for hydroxylation is 2. The van der Waals surface area contributed by atoms with Crippen molar-refractivity contribution in [2.24, 2.45) is 0 Å². The van der Waals surface area contributed by atoms with Crippen molar-refractivity contribution < 1.29 is 4.79 Å². The van der Waals surface area contributed by atoms with Crippen LogP contribution in [0.5, 0.6) is 0 Å². The Bertz CT molecular complexity index is 839. The minimum Gasteiger partial charge on any atom is -0.349 e. The number of nitrogens with one attached hydrogen (secondary N) is 1. The van der Waals surface area contributed by atoms with Crippen molar-refractivity contribution in [1.29, 1.82) is 0 Å². The van der Waals surface area contributed by atoms with Gasteiger partial charge in [0.25, 0.3) is 0 Å². The number of nitrogens with zero attached hydrogens (tertiary/aromatic N) is 3. The van der Waals surface area contributed by atoms with Crippen LogP contribution in [0.3, 0.4) is 0 Å². The normalized spacial score (nSPS) is 12.1. The molecule has 124 valence electrons. The topological polar surface area (TPSA) is 59.8 Å². The standard InChI is InChI=1S/C18H20N4OS/c1-12(20-18(23)11-16-13(2)24-14(3)21-16)15-7-4-5-8-17(15)22-10-6-9-19-22/h4-10,12H,11H2,1-3H3,(H,20,23). The summed E-state index contributed by atoms with van der Waals surface area (Å²) in [6, 6.07) is 9.72. The van der Waals surface area contributed by atoms with E-state index in [2.05, 4.69) is 15.4 Å². The molecule has 0 radical (unpaired) electrons. The smallest absolute Gasteiger partial charge is 0.226 e. The summed E-state index contributed by atoms with van der Waals surface area (Å²) >= 11 is 1.62. The molecule has 1 aromatic carbocycles. The number of hydrogen-bond donors (Lipinski definition) is 1. The van der Waals surface area contributed by atoms with Crippen LogP contribution in [0.1, 0.15) is 34.1 Å². The predicted octanol–water partition coefficient (Wildman–Crippen LogP) is 3.37. The minimum atomic E-state index is -0.113. The highest BCUT2D eigenvalue weighted by atomic mass is 32.1. The number of thiazole rings is 1. The van der Waals surface area contributed by atoms with Crippen molar-refractivity contribution >= 4 is 17.2 Å². The van der Waals surface area contributed by atoms with Gasteiger partial charge in [-0.3, -0.25) is 4.79 Å². The van der Waals surface area contributed by atoms with Crippen molar-refractivity contribution in [3.63, 3.8) is 0 Å². The molecule has 1 amide bonds. The molecule has 0 fully saturated rings. The lowest BCUT2D eigenvalue weighted by atomic mass is 10.1. The summed E-state index contributed by atoms with van der Waals surface area (Å²) in [5, 5.41) is 8.35. The Morgan fingerprint density at radius 3 is 2.75 bits per heavy atom. The van der Waals surface area contributed by atoms with Gasteiger partial charge in [-0.1, -0.05) is 18.2 Å². The van der Waals surface area contributed by atoms with Crippen molar-refractivity contribution in [1.82, 2.24) is 20.1 Å². The van der Waals surface area contributed by atoms with Crippen LogP contribution < -0.4 is 5.32 Å². The third-order valence-electron chi connectivity index (χ3n) is 3.86. The lowest BCUT2D eigenvalue weighted by Gasteiger charge is -2.18. The fraction of sp³-hybridized carbons (Fsp3) is 0.278. The van der Waals surface area contributed by atoms with Gasteiger partial charge in [0, 0.05) is 17.3 Å². The Morgan fingerprint density at radius 1 is 1.29 bits per heavy atom. The van der Waals surface area contributed by atoms with Gasteiger partial charge in [0.1, 0.15) is 0 Å². The summed E-state index contributed by atoms with van der Waals surface area (Å²) in [5.41, 5.74) is 2.86. The maximum atomic E-state index is 12.4. The lowest BCUT2D eigenvalue weighted by Crippen LogP contribution is -2.29. The highest BCUT2D eigenvalue weighted by molar-refractivity contribution is 7.11. The maximum absolute atomic E-state index is 12.4. The quantitative estimate of drug-likeness (QED) is 0.775. The second-order valence-electron chi connectivity index (χ2n) is 5.71. The number of carbonyl (C=O) groups is 1. The fourth-order valence-electron chi connectivity index (χ4n) is 2.73.